The number of aliphatic hydroxyl groups excluding tert-OH is 1. The molecule has 4 heteroatoms. The van der Waals surface area contributed by atoms with Gasteiger partial charge in [0.1, 0.15) is 0 Å². The Morgan fingerprint density at radius 2 is 1.81 bits per heavy atom. The zero-order valence-corrected chi connectivity index (χ0v) is 13.6. The molecule has 2 rings (SSSR count). The Morgan fingerprint density at radius 1 is 1.24 bits per heavy atom. The number of β-amino-alcohol motifs (C(OH)–C–C–N with tert-alkyl or cyclic N) is 1. The molecule has 1 saturated heterocycles. The van der Waals surface area contributed by atoms with Gasteiger partial charge in [0, 0.05) is 38.9 Å². The Labute approximate surface area is 128 Å². The van der Waals surface area contributed by atoms with E-state index in [1.807, 2.05) is 7.05 Å². The smallest absolute Gasteiger partial charge is 0.0841 e. The normalized spacial score (nSPS) is 24.8. The van der Waals surface area contributed by atoms with Crippen LogP contribution in [0.25, 0.3) is 0 Å². The Bertz CT molecular complexity index is 425. The highest BCUT2D eigenvalue weighted by Crippen LogP contribution is 2.15. The van der Waals surface area contributed by atoms with Crippen molar-refractivity contribution in [1.29, 1.82) is 0 Å². The number of benzene rings is 1. The standard InChI is InChI=1S/C17H28N2O2/c1-13-5-7-16(8-6-13)18(4)11-17(20)12-19-9-14(2)21-15(3)10-19/h5-8,14-15,17,20H,9-12H2,1-4H3. The van der Waals surface area contributed by atoms with Gasteiger partial charge in [-0.25, -0.2) is 0 Å². The molecule has 0 amide bonds. The minimum absolute atomic E-state index is 0.246. The lowest BCUT2D eigenvalue weighted by atomic mass is 10.2. The van der Waals surface area contributed by atoms with Gasteiger partial charge in [-0.1, -0.05) is 17.7 Å². The van der Waals surface area contributed by atoms with E-state index in [9.17, 15) is 5.11 Å². The van der Waals surface area contributed by atoms with Gasteiger partial charge >= 0.3 is 0 Å². The maximum atomic E-state index is 10.3. The largest absolute Gasteiger partial charge is 0.390 e. The van der Waals surface area contributed by atoms with Crippen LogP contribution in [0.1, 0.15) is 19.4 Å². The Kier molecular flexibility index (Phi) is 5.62. The van der Waals surface area contributed by atoms with Crippen molar-refractivity contribution in [3.8, 4) is 0 Å². The molecule has 4 nitrogen and oxygen atoms in total. The van der Waals surface area contributed by atoms with E-state index in [0.29, 0.717) is 13.1 Å². The van der Waals surface area contributed by atoms with Gasteiger partial charge < -0.3 is 14.7 Å². The molecule has 0 spiro atoms. The average molecular weight is 292 g/mol. The van der Waals surface area contributed by atoms with E-state index in [1.54, 1.807) is 0 Å². The predicted molar refractivity (Wildman–Crippen MR) is 86.9 cm³/mol. The second-order valence-electron chi connectivity index (χ2n) is 6.35. The molecule has 0 aliphatic carbocycles. The van der Waals surface area contributed by atoms with Crippen LogP contribution in [-0.4, -0.2) is 61.5 Å². The van der Waals surface area contributed by atoms with Gasteiger partial charge in [-0.15, -0.1) is 0 Å². The lowest BCUT2D eigenvalue weighted by Crippen LogP contribution is -2.49. The van der Waals surface area contributed by atoms with Crippen molar-refractivity contribution in [2.75, 3.05) is 38.1 Å². The van der Waals surface area contributed by atoms with Crippen molar-refractivity contribution < 1.29 is 9.84 Å². The van der Waals surface area contributed by atoms with Crippen LogP contribution in [0.15, 0.2) is 24.3 Å². The predicted octanol–water partition coefficient (Wildman–Crippen LogP) is 1.90. The maximum absolute atomic E-state index is 10.3. The molecular formula is C17H28N2O2. The summed E-state index contributed by atoms with van der Waals surface area (Å²) in [5, 5.41) is 10.3. The van der Waals surface area contributed by atoms with Crippen molar-refractivity contribution in [2.45, 2.75) is 39.1 Å². The Balaban J connectivity index is 1.83. The highest BCUT2D eigenvalue weighted by Gasteiger charge is 2.24. The Morgan fingerprint density at radius 3 is 2.38 bits per heavy atom. The fraction of sp³-hybridized carbons (Fsp3) is 0.647. The van der Waals surface area contributed by atoms with Crippen LogP contribution in [-0.2, 0) is 4.74 Å². The number of hydrogen-bond donors (Lipinski definition) is 1. The van der Waals surface area contributed by atoms with Crippen LogP contribution in [0.3, 0.4) is 0 Å². The van der Waals surface area contributed by atoms with Gasteiger partial charge in [0.05, 0.1) is 18.3 Å². The molecule has 1 aliphatic rings. The first kappa shape index (κ1) is 16.3. The van der Waals surface area contributed by atoms with Gasteiger partial charge in [0.25, 0.3) is 0 Å². The number of morpholine rings is 1. The van der Waals surface area contributed by atoms with Gasteiger partial charge in [-0.05, 0) is 32.9 Å². The van der Waals surface area contributed by atoms with Crippen LogP contribution >= 0.6 is 0 Å². The molecule has 0 aromatic heterocycles. The van der Waals surface area contributed by atoms with Gasteiger partial charge in [0.2, 0.25) is 0 Å². The third kappa shape index (κ3) is 4.99. The SMILES string of the molecule is Cc1ccc(N(C)CC(O)CN2CC(C)OC(C)C2)cc1. The molecule has 0 radical (unpaired) electrons. The molecule has 1 N–H and O–H groups in total. The van der Waals surface area contributed by atoms with E-state index in [4.69, 9.17) is 4.74 Å². The van der Waals surface area contributed by atoms with Crippen LogP contribution in [0.5, 0.6) is 0 Å². The van der Waals surface area contributed by atoms with Gasteiger partial charge in [-0.3, -0.25) is 4.90 Å². The molecule has 3 atom stereocenters. The molecule has 21 heavy (non-hydrogen) atoms. The number of aliphatic hydroxyl groups is 1. The van der Waals surface area contributed by atoms with Crippen LogP contribution < -0.4 is 4.90 Å². The first-order valence-electron chi connectivity index (χ1n) is 7.77. The Hall–Kier alpha value is -1.10. The fourth-order valence-corrected chi connectivity index (χ4v) is 3.01. The lowest BCUT2D eigenvalue weighted by Gasteiger charge is -2.36. The number of anilines is 1. The number of aryl methyl sites for hydroxylation is 1. The molecule has 0 bridgehead atoms. The minimum Gasteiger partial charge on any atom is -0.390 e. The summed E-state index contributed by atoms with van der Waals surface area (Å²) in [6.45, 7) is 9.41. The first-order chi connectivity index (χ1) is 9.94. The number of likely N-dealkylation sites (N-methyl/N-ethyl adjacent to an activating group) is 1. The van der Waals surface area contributed by atoms with Crippen molar-refractivity contribution in [1.82, 2.24) is 4.90 Å². The molecule has 1 aromatic rings. The van der Waals surface area contributed by atoms with Crippen LogP contribution in [0.2, 0.25) is 0 Å². The summed E-state index contributed by atoms with van der Waals surface area (Å²) in [5.74, 6) is 0. The van der Waals surface area contributed by atoms with E-state index in [2.05, 4.69) is 54.8 Å². The summed E-state index contributed by atoms with van der Waals surface area (Å²) in [6, 6.07) is 8.40. The monoisotopic (exact) mass is 292 g/mol. The minimum atomic E-state index is -0.353. The summed E-state index contributed by atoms with van der Waals surface area (Å²) in [7, 11) is 2.03. The second kappa shape index (κ2) is 7.25. The van der Waals surface area contributed by atoms with E-state index in [-0.39, 0.29) is 18.3 Å². The van der Waals surface area contributed by atoms with Crippen molar-refractivity contribution >= 4 is 5.69 Å². The molecule has 1 aromatic carbocycles. The number of ether oxygens (including phenoxy) is 1. The summed E-state index contributed by atoms with van der Waals surface area (Å²) >= 11 is 0. The number of rotatable bonds is 5. The topological polar surface area (TPSA) is 35.9 Å². The molecule has 118 valence electrons. The molecule has 1 fully saturated rings. The van der Waals surface area contributed by atoms with E-state index in [1.165, 1.54) is 5.56 Å². The molecule has 0 saturated carbocycles. The third-order valence-electron chi connectivity index (χ3n) is 3.92. The van der Waals surface area contributed by atoms with Crippen molar-refractivity contribution in [2.24, 2.45) is 0 Å². The molecule has 1 heterocycles. The molecule has 1 aliphatic heterocycles. The third-order valence-corrected chi connectivity index (χ3v) is 3.92. The van der Waals surface area contributed by atoms with Crippen LogP contribution in [0, 0.1) is 6.92 Å². The summed E-state index contributed by atoms with van der Waals surface area (Å²) in [6.07, 6.45) is 0.139. The molecule has 3 unspecified atom stereocenters. The van der Waals surface area contributed by atoms with E-state index in [0.717, 1.165) is 18.8 Å². The van der Waals surface area contributed by atoms with E-state index < -0.39 is 0 Å². The van der Waals surface area contributed by atoms with Gasteiger partial charge in [-0.2, -0.15) is 0 Å². The fourth-order valence-electron chi connectivity index (χ4n) is 3.01. The number of hydrogen-bond acceptors (Lipinski definition) is 4. The second-order valence-corrected chi connectivity index (χ2v) is 6.35. The average Bonchev–Trinajstić information content (AvgIpc) is 2.37. The maximum Gasteiger partial charge on any atom is 0.0841 e. The van der Waals surface area contributed by atoms with Crippen molar-refractivity contribution in [3.05, 3.63) is 29.8 Å². The van der Waals surface area contributed by atoms with Gasteiger partial charge in [0.15, 0.2) is 0 Å². The highest BCUT2D eigenvalue weighted by molar-refractivity contribution is 5.46. The zero-order chi connectivity index (χ0) is 15.4. The lowest BCUT2D eigenvalue weighted by molar-refractivity contribution is -0.0758. The summed E-state index contributed by atoms with van der Waals surface area (Å²) < 4.78 is 5.73. The van der Waals surface area contributed by atoms with Crippen LogP contribution in [0.4, 0.5) is 5.69 Å². The van der Waals surface area contributed by atoms with E-state index >= 15 is 0 Å². The summed E-state index contributed by atoms with van der Waals surface area (Å²) in [4.78, 5) is 4.41. The quantitative estimate of drug-likeness (QED) is 0.899. The number of nitrogens with zero attached hydrogens (tertiary/aromatic N) is 2. The highest BCUT2D eigenvalue weighted by atomic mass is 16.5. The summed E-state index contributed by atoms with van der Waals surface area (Å²) in [5.41, 5.74) is 2.40. The van der Waals surface area contributed by atoms with Crippen molar-refractivity contribution in [3.63, 3.8) is 0 Å². The zero-order valence-electron chi connectivity index (χ0n) is 13.6. The first-order valence-corrected chi connectivity index (χ1v) is 7.77. The molecular weight excluding hydrogens is 264 g/mol.